The van der Waals surface area contributed by atoms with Crippen molar-refractivity contribution in [2.45, 2.75) is 13.3 Å². The average molecular weight is 254 g/mol. The molecular formula is C11H12ClN3S. The van der Waals surface area contributed by atoms with Gasteiger partial charge in [0.1, 0.15) is 11.0 Å². The van der Waals surface area contributed by atoms with Crippen molar-refractivity contribution >= 4 is 40.0 Å². The van der Waals surface area contributed by atoms with Crippen molar-refractivity contribution in [2.24, 2.45) is 0 Å². The van der Waals surface area contributed by atoms with E-state index < -0.39 is 0 Å². The third kappa shape index (κ3) is 2.18. The molecule has 0 unspecified atom stereocenters. The van der Waals surface area contributed by atoms with Gasteiger partial charge in [-0.1, -0.05) is 30.7 Å². The SMILES string of the molecule is C=C(CC)CNc1c(Cl)ccc2nsnc12. The van der Waals surface area contributed by atoms with Gasteiger partial charge in [-0.2, -0.15) is 8.75 Å². The maximum atomic E-state index is 6.13. The van der Waals surface area contributed by atoms with E-state index in [9.17, 15) is 0 Å². The number of nitrogens with zero attached hydrogens (tertiary/aromatic N) is 2. The van der Waals surface area contributed by atoms with Gasteiger partial charge in [0.2, 0.25) is 0 Å². The Balaban J connectivity index is 2.31. The van der Waals surface area contributed by atoms with E-state index in [2.05, 4.69) is 27.6 Å². The molecule has 5 heteroatoms. The summed E-state index contributed by atoms with van der Waals surface area (Å²) in [5, 5.41) is 3.94. The van der Waals surface area contributed by atoms with Crippen molar-refractivity contribution < 1.29 is 0 Å². The Hall–Kier alpha value is -1.13. The maximum Gasteiger partial charge on any atom is 0.129 e. The van der Waals surface area contributed by atoms with E-state index in [1.54, 1.807) is 0 Å². The summed E-state index contributed by atoms with van der Waals surface area (Å²) in [6.45, 7) is 6.74. The van der Waals surface area contributed by atoms with Crippen LogP contribution in [0.3, 0.4) is 0 Å². The van der Waals surface area contributed by atoms with Gasteiger partial charge >= 0.3 is 0 Å². The molecule has 1 aromatic carbocycles. The Labute approximate surface area is 103 Å². The van der Waals surface area contributed by atoms with Crippen molar-refractivity contribution in [3.8, 4) is 0 Å². The molecule has 84 valence electrons. The van der Waals surface area contributed by atoms with Crippen molar-refractivity contribution in [1.29, 1.82) is 0 Å². The molecule has 0 saturated heterocycles. The van der Waals surface area contributed by atoms with Crippen LogP contribution in [0.4, 0.5) is 5.69 Å². The molecule has 0 fully saturated rings. The van der Waals surface area contributed by atoms with E-state index in [1.165, 1.54) is 11.7 Å². The molecule has 0 atom stereocenters. The van der Waals surface area contributed by atoms with E-state index in [0.29, 0.717) is 11.6 Å². The molecule has 1 heterocycles. The second kappa shape index (κ2) is 4.80. The monoisotopic (exact) mass is 253 g/mol. The first kappa shape index (κ1) is 11.4. The zero-order valence-corrected chi connectivity index (χ0v) is 10.5. The number of hydrogen-bond donors (Lipinski definition) is 1. The third-order valence-electron chi connectivity index (χ3n) is 2.39. The molecule has 3 nitrogen and oxygen atoms in total. The van der Waals surface area contributed by atoms with Gasteiger partial charge in [-0.3, -0.25) is 0 Å². The minimum absolute atomic E-state index is 0.670. The number of halogens is 1. The smallest absolute Gasteiger partial charge is 0.129 e. The van der Waals surface area contributed by atoms with Crippen LogP contribution in [0.5, 0.6) is 0 Å². The van der Waals surface area contributed by atoms with Crippen LogP contribution < -0.4 is 5.32 Å². The Morgan fingerprint density at radius 3 is 3.06 bits per heavy atom. The minimum Gasteiger partial charge on any atom is -0.378 e. The fraction of sp³-hybridized carbons (Fsp3) is 0.273. The zero-order chi connectivity index (χ0) is 11.5. The molecule has 2 aromatic rings. The highest BCUT2D eigenvalue weighted by Crippen LogP contribution is 2.29. The minimum atomic E-state index is 0.670. The van der Waals surface area contributed by atoms with E-state index in [4.69, 9.17) is 11.6 Å². The third-order valence-corrected chi connectivity index (χ3v) is 3.25. The van der Waals surface area contributed by atoms with Crippen LogP contribution in [0.2, 0.25) is 5.02 Å². The van der Waals surface area contributed by atoms with Gasteiger partial charge in [-0.25, -0.2) is 0 Å². The summed E-state index contributed by atoms with van der Waals surface area (Å²) in [5.74, 6) is 0. The number of fused-ring (bicyclic) bond motifs is 1. The summed E-state index contributed by atoms with van der Waals surface area (Å²) in [4.78, 5) is 0. The number of hydrogen-bond acceptors (Lipinski definition) is 4. The molecule has 1 N–H and O–H groups in total. The fourth-order valence-corrected chi connectivity index (χ4v) is 2.10. The second-order valence-electron chi connectivity index (χ2n) is 3.51. The van der Waals surface area contributed by atoms with Crippen LogP contribution >= 0.6 is 23.3 Å². The fourth-order valence-electron chi connectivity index (χ4n) is 1.33. The summed E-state index contributed by atoms with van der Waals surface area (Å²) in [6, 6.07) is 3.71. The lowest BCUT2D eigenvalue weighted by Gasteiger charge is -2.09. The highest BCUT2D eigenvalue weighted by molar-refractivity contribution is 7.00. The highest BCUT2D eigenvalue weighted by Gasteiger charge is 2.09. The normalized spacial score (nSPS) is 10.6. The Morgan fingerprint density at radius 2 is 2.31 bits per heavy atom. The Kier molecular flexibility index (Phi) is 3.41. The lowest BCUT2D eigenvalue weighted by molar-refractivity contribution is 1.05. The van der Waals surface area contributed by atoms with Gasteiger partial charge in [0.15, 0.2) is 0 Å². The molecule has 0 radical (unpaired) electrons. The summed E-state index contributed by atoms with van der Waals surface area (Å²) in [7, 11) is 0. The van der Waals surface area contributed by atoms with Crippen LogP contribution in [0.25, 0.3) is 11.0 Å². The topological polar surface area (TPSA) is 37.8 Å². The van der Waals surface area contributed by atoms with Gasteiger partial charge in [0.25, 0.3) is 0 Å². The number of benzene rings is 1. The molecule has 0 amide bonds. The first-order valence-corrected chi connectivity index (χ1v) is 6.14. The largest absolute Gasteiger partial charge is 0.378 e. The van der Waals surface area contributed by atoms with Crippen LogP contribution in [-0.4, -0.2) is 15.3 Å². The van der Waals surface area contributed by atoms with E-state index in [1.807, 2.05) is 12.1 Å². The van der Waals surface area contributed by atoms with Crippen LogP contribution in [0.15, 0.2) is 24.3 Å². The standard InChI is InChI=1S/C11H12ClN3S/c1-3-7(2)6-13-10-8(12)4-5-9-11(10)15-16-14-9/h4-5,13H,2-3,6H2,1H3. The molecular weight excluding hydrogens is 242 g/mol. The number of anilines is 1. The molecule has 0 spiro atoms. The first-order chi connectivity index (χ1) is 7.72. The number of nitrogens with one attached hydrogen (secondary N) is 1. The molecule has 0 aliphatic heterocycles. The predicted molar refractivity (Wildman–Crippen MR) is 70.3 cm³/mol. The predicted octanol–water partition coefficient (Wildman–Crippen LogP) is 3.72. The van der Waals surface area contributed by atoms with Crippen LogP contribution in [0.1, 0.15) is 13.3 Å². The zero-order valence-electron chi connectivity index (χ0n) is 8.96. The van der Waals surface area contributed by atoms with Gasteiger partial charge < -0.3 is 5.32 Å². The Morgan fingerprint density at radius 1 is 1.50 bits per heavy atom. The molecule has 2 rings (SSSR count). The summed E-state index contributed by atoms with van der Waals surface area (Å²) in [5.41, 5.74) is 3.69. The quantitative estimate of drug-likeness (QED) is 0.844. The van der Waals surface area contributed by atoms with Crippen LogP contribution in [0, 0.1) is 0 Å². The van der Waals surface area contributed by atoms with Gasteiger partial charge in [-0.15, -0.1) is 0 Å². The molecule has 0 aliphatic rings. The lowest BCUT2D eigenvalue weighted by atomic mass is 10.2. The van der Waals surface area contributed by atoms with Crippen LogP contribution in [-0.2, 0) is 0 Å². The molecule has 1 aromatic heterocycles. The van der Waals surface area contributed by atoms with Gasteiger partial charge in [0.05, 0.1) is 22.4 Å². The van der Waals surface area contributed by atoms with Crippen molar-refractivity contribution in [3.05, 3.63) is 29.3 Å². The van der Waals surface area contributed by atoms with E-state index in [0.717, 1.165) is 28.7 Å². The molecule has 0 saturated carbocycles. The molecule has 0 aliphatic carbocycles. The van der Waals surface area contributed by atoms with Crippen molar-refractivity contribution in [2.75, 3.05) is 11.9 Å². The van der Waals surface area contributed by atoms with Crippen molar-refractivity contribution in [1.82, 2.24) is 8.75 Å². The van der Waals surface area contributed by atoms with Gasteiger partial charge in [-0.05, 0) is 18.6 Å². The van der Waals surface area contributed by atoms with Crippen molar-refractivity contribution in [3.63, 3.8) is 0 Å². The second-order valence-corrected chi connectivity index (χ2v) is 4.45. The average Bonchev–Trinajstić information content (AvgIpc) is 2.75. The first-order valence-electron chi connectivity index (χ1n) is 5.03. The lowest BCUT2D eigenvalue weighted by Crippen LogP contribution is -2.04. The molecule has 0 bridgehead atoms. The van der Waals surface area contributed by atoms with E-state index in [-0.39, 0.29) is 0 Å². The maximum absolute atomic E-state index is 6.13. The van der Waals surface area contributed by atoms with E-state index >= 15 is 0 Å². The summed E-state index contributed by atoms with van der Waals surface area (Å²) in [6.07, 6.45) is 0.954. The number of rotatable bonds is 4. The number of aromatic nitrogens is 2. The summed E-state index contributed by atoms with van der Waals surface area (Å²) < 4.78 is 8.41. The molecule has 16 heavy (non-hydrogen) atoms. The summed E-state index contributed by atoms with van der Waals surface area (Å²) >= 11 is 7.33. The van der Waals surface area contributed by atoms with Gasteiger partial charge in [0, 0.05) is 6.54 Å². The Bertz CT molecular complexity index is 521. The highest BCUT2D eigenvalue weighted by atomic mass is 35.5.